The summed E-state index contributed by atoms with van der Waals surface area (Å²) in [6, 6.07) is 1.86. The van der Waals surface area contributed by atoms with Gasteiger partial charge in [-0.05, 0) is 39.7 Å². The van der Waals surface area contributed by atoms with E-state index in [1.54, 1.807) is 23.4 Å². The van der Waals surface area contributed by atoms with Crippen LogP contribution in [0.3, 0.4) is 0 Å². The molecule has 134 valence electrons. The molecule has 0 bridgehead atoms. The van der Waals surface area contributed by atoms with Gasteiger partial charge in [0.1, 0.15) is 5.60 Å². The Morgan fingerprint density at radius 1 is 1.40 bits per heavy atom. The molecule has 0 radical (unpaired) electrons. The van der Waals surface area contributed by atoms with E-state index in [9.17, 15) is 4.79 Å². The second-order valence-corrected chi connectivity index (χ2v) is 7.47. The number of nitrogens with zero attached hydrogens (tertiary/aromatic N) is 4. The summed E-state index contributed by atoms with van der Waals surface area (Å²) in [5, 5.41) is 13.3. The van der Waals surface area contributed by atoms with E-state index in [1.165, 1.54) is 0 Å². The molecule has 1 saturated heterocycles. The summed E-state index contributed by atoms with van der Waals surface area (Å²) in [6.07, 6.45) is 4.98. The molecular weight excluding hydrogens is 342 g/mol. The molecule has 0 aliphatic carbocycles. The molecule has 1 aliphatic heterocycles. The maximum absolute atomic E-state index is 12.4. The Morgan fingerprint density at radius 2 is 2.20 bits per heavy atom. The second kappa shape index (κ2) is 7.00. The van der Waals surface area contributed by atoms with Crippen LogP contribution in [0.5, 0.6) is 0 Å². The number of aromatic nitrogens is 3. The number of likely N-dealkylation sites (tertiary alicyclic amines) is 1. The Labute approximate surface area is 151 Å². The largest absolute Gasteiger partial charge is 0.444 e. The molecule has 25 heavy (non-hydrogen) atoms. The molecule has 1 fully saturated rings. The number of halogens is 1. The van der Waals surface area contributed by atoms with E-state index in [-0.39, 0.29) is 12.1 Å². The van der Waals surface area contributed by atoms with E-state index in [2.05, 4.69) is 20.5 Å². The highest BCUT2D eigenvalue weighted by Gasteiger charge is 2.32. The monoisotopic (exact) mass is 363 g/mol. The van der Waals surface area contributed by atoms with Crippen molar-refractivity contribution in [2.75, 3.05) is 18.4 Å². The van der Waals surface area contributed by atoms with Crippen LogP contribution in [0, 0.1) is 0 Å². The van der Waals surface area contributed by atoms with Gasteiger partial charge in [-0.3, -0.25) is 4.98 Å². The van der Waals surface area contributed by atoms with Gasteiger partial charge in [-0.1, -0.05) is 11.6 Å². The van der Waals surface area contributed by atoms with E-state index < -0.39 is 5.60 Å². The maximum Gasteiger partial charge on any atom is 0.410 e. The fraction of sp³-hybridized carbons (Fsp3) is 0.529. The first-order chi connectivity index (χ1) is 11.8. The SMILES string of the molecule is CC(C)(C)OC(=O)N1CCCC1CNc1nnc(Cl)c2ccncc12. The highest BCUT2D eigenvalue weighted by Crippen LogP contribution is 2.26. The number of hydrogen-bond acceptors (Lipinski definition) is 6. The van der Waals surface area contributed by atoms with Crippen LogP contribution in [0.1, 0.15) is 33.6 Å². The summed E-state index contributed by atoms with van der Waals surface area (Å²) in [7, 11) is 0. The summed E-state index contributed by atoms with van der Waals surface area (Å²) in [5.74, 6) is 0.614. The molecule has 8 heteroatoms. The molecule has 0 saturated carbocycles. The van der Waals surface area contributed by atoms with Gasteiger partial charge in [0.05, 0.1) is 6.04 Å². The van der Waals surface area contributed by atoms with Crippen molar-refractivity contribution in [2.24, 2.45) is 0 Å². The Kier molecular flexibility index (Phi) is 4.94. The lowest BCUT2D eigenvalue weighted by Gasteiger charge is -2.28. The van der Waals surface area contributed by atoms with Crippen molar-refractivity contribution in [3.63, 3.8) is 0 Å². The molecule has 1 N–H and O–H groups in total. The van der Waals surface area contributed by atoms with Crippen LogP contribution in [0.25, 0.3) is 10.8 Å². The Bertz CT molecular complexity index is 777. The van der Waals surface area contributed by atoms with Gasteiger partial charge in [0.25, 0.3) is 0 Å². The summed E-state index contributed by atoms with van der Waals surface area (Å²) >= 11 is 6.08. The van der Waals surface area contributed by atoms with E-state index in [4.69, 9.17) is 16.3 Å². The Hall–Kier alpha value is -2.15. The maximum atomic E-state index is 12.4. The molecule has 3 heterocycles. The lowest BCUT2D eigenvalue weighted by Crippen LogP contribution is -2.42. The van der Waals surface area contributed by atoms with Crippen LogP contribution >= 0.6 is 11.6 Å². The molecule has 1 aliphatic rings. The van der Waals surface area contributed by atoms with Crippen molar-refractivity contribution in [3.8, 4) is 0 Å². The minimum absolute atomic E-state index is 0.0547. The van der Waals surface area contributed by atoms with Crippen LogP contribution < -0.4 is 5.32 Å². The van der Waals surface area contributed by atoms with Crippen LogP contribution in [0.2, 0.25) is 5.15 Å². The number of nitrogens with one attached hydrogen (secondary N) is 1. The standard InChI is InChI=1S/C17H22ClN5O2/c1-17(2,3)25-16(24)23-8-4-5-11(23)9-20-15-13-10-19-7-6-12(13)14(18)21-22-15/h6-7,10-11H,4-5,8-9H2,1-3H3,(H,20,22). The van der Waals surface area contributed by atoms with Gasteiger partial charge in [0, 0.05) is 36.3 Å². The number of anilines is 1. The molecule has 0 aromatic carbocycles. The number of carbonyl (C=O) groups excluding carboxylic acids is 1. The minimum Gasteiger partial charge on any atom is -0.444 e. The molecule has 2 aromatic rings. The van der Waals surface area contributed by atoms with Crippen molar-refractivity contribution >= 4 is 34.3 Å². The fourth-order valence-corrected chi connectivity index (χ4v) is 3.12. The zero-order valence-corrected chi connectivity index (χ0v) is 15.4. The Balaban J connectivity index is 1.71. The summed E-state index contributed by atoms with van der Waals surface area (Å²) in [4.78, 5) is 18.3. The zero-order chi connectivity index (χ0) is 18.0. The molecule has 2 aromatic heterocycles. The lowest BCUT2D eigenvalue weighted by atomic mass is 10.2. The molecule has 1 amide bonds. The van der Waals surface area contributed by atoms with Crippen LogP contribution in [0.4, 0.5) is 10.6 Å². The van der Waals surface area contributed by atoms with Crippen LogP contribution in [0.15, 0.2) is 18.5 Å². The van der Waals surface area contributed by atoms with Crippen molar-refractivity contribution in [3.05, 3.63) is 23.6 Å². The fourth-order valence-electron chi connectivity index (χ4n) is 2.92. The van der Waals surface area contributed by atoms with Gasteiger partial charge in [-0.15, -0.1) is 10.2 Å². The minimum atomic E-state index is -0.499. The highest BCUT2D eigenvalue weighted by molar-refractivity contribution is 6.34. The second-order valence-electron chi connectivity index (χ2n) is 7.11. The quantitative estimate of drug-likeness (QED) is 0.899. The predicted molar refractivity (Wildman–Crippen MR) is 96.8 cm³/mol. The van der Waals surface area contributed by atoms with Crippen LogP contribution in [-0.4, -0.2) is 50.9 Å². The van der Waals surface area contributed by atoms with Crippen molar-refractivity contribution < 1.29 is 9.53 Å². The predicted octanol–water partition coefficient (Wildman–Crippen LogP) is 3.49. The average molecular weight is 364 g/mol. The summed E-state index contributed by atoms with van der Waals surface area (Å²) in [5.41, 5.74) is -0.499. The highest BCUT2D eigenvalue weighted by atomic mass is 35.5. The smallest absolute Gasteiger partial charge is 0.410 e. The summed E-state index contributed by atoms with van der Waals surface area (Å²) < 4.78 is 5.49. The normalized spacial score (nSPS) is 17.8. The van der Waals surface area contributed by atoms with E-state index >= 15 is 0 Å². The average Bonchev–Trinajstić information content (AvgIpc) is 3.02. The topological polar surface area (TPSA) is 80.2 Å². The third kappa shape index (κ3) is 4.10. The van der Waals surface area contributed by atoms with Gasteiger partial charge in [-0.25, -0.2) is 4.79 Å². The summed E-state index contributed by atoms with van der Waals surface area (Å²) in [6.45, 7) is 6.89. The molecule has 0 spiro atoms. The Morgan fingerprint density at radius 3 is 2.96 bits per heavy atom. The van der Waals surface area contributed by atoms with E-state index in [1.807, 2.05) is 20.8 Å². The van der Waals surface area contributed by atoms with Gasteiger partial charge in [-0.2, -0.15) is 0 Å². The van der Waals surface area contributed by atoms with Gasteiger partial charge in [0.2, 0.25) is 0 Å². The molecule has 7 nitrogen and oxygen atoms in total. The van der Waals surface area contributed by atoms with Gasteiger partial charge in [0.15, 0.2) is 11.0 Å². The third-order valence-corrected chi connectivity index (χ3v) is 4.33. The number of hydrogen-bond donors (Lipinski definition) is 1. The van der Waals surface area contributed by atoms with E-state index in [0.717, 1.165) is 23.6 Å². The first kappa shape index (κ1) is 17.7. The molecule has 1 atom stereocenters. The van der Waals surface area contributed by atoms with Crippen molar-refractivity contribution in [1.82, 2.24) is 20.1 Å². The van der Waals surface area contributed by atoms with Gasteiger partial charge >= 0.3 is 6.09 Å². The number of pyridine rings is 1. The first-order valence-electron chi connectivity index (χ1n) is 8.34. The lowest BCUT2D eigenvalue weighted by molar-refractivity contribution is 0.0235. The van der Waals surface area contributed by atoms with Crippen molar-refractivity contribution in [1.29, 1.82) is 0 Å². The van der Waals surface area contributed by atoms with Crippen molar-refractivity contribution in [2.45, 2.75) is 45.3 Å². The first-order valence-corrected chi connectivity index (χ1v) is 8.72. The van der Waals surface area contributed by atoms with E-state index in [0.29, 0.717) is 24.1 Å². The number of amides is 1. The third-order valence-electron chi connectivity index (χ3n) is 4.05. The zero-order valence-electron chi connectivity index (χ0n) is 14.6. The number of fused-ring (bicyclic) bond motifs is 1. The number of rotatable bonds is 3. The number of ether oxygens (including phenoxy) is 1. The molecule has 1 unspecified atom stereocenters. The van der Waals surface area contributed by atoms with Gasteiger partial charge < -0.3 is 15.0 Å². The molecular formula is C17H22ClN5O2. The van der Waals surface area contributed by atoms with Crippen LogP contribution in [-0.2, 0) is 4.74 Å². The molecule has 3 rings (SSSR count). The number of carbonyl (C=O) groups is 1.